The lowest BCUT2D eigenvalue weighted by Crippen LogP contribution is -2.55. The molecule has 4 fully saturated rings. The van der Waals surface area contributed by atoms with Crippen molar-refractivity contribution in [2.45, 2.75) is 65.3 Å². The lowest BCUT2D eigenvalue weighted by atomic mass is 9.40. The molecule has 0 saturated heterocycles. The molecule has 4 aliphatic rings. The number of nitrogens with two attached hydrogens (primary N) is 1. The Hall–Kier alpha value is -0.830. The van der Waals surface area contributed by atoms with Crippen LogP contribution in [0.15, 0.2) is 10.6 Å². The number of hydrogen-bond acceptors (Lipinski definition) is 3. The molecule has 0 amide bonds. The van der Waals surface area contributed by atoms with Gasteiger partial charge in [-0.2, -0.15) is 0 Å². The fourth-order valence-corrected chi connectivity index (χ4v) is 6.78. The summed E-state index contributed by atoms with van der Waals surface area (Å²) in [5.74, 6) is 2.68. The van der Waals surface area contributed by atoms with Crippen molar-refractivity contribution >= 4 is 0 Å². The summed E-state index contributed by atoms with van der Waals surface area (Å²) < 4.78 is 5.80. The molecule has 3 heteroatoms. The minimum Gasteiger partial charge on any atom is -0.444 e. The molecule has 4 aliphatic carbocycles. The smallest absolute Gasteiger partial charge is 0.208 e. The Bertz CT molecular complexity index is 517. The highest BCUT2D eigenvalue weighted by Crippen LogP contribution is 2.70. The molecule has 1 heterocycles. The monoisotopic (exact) mass is 274 g/mol. The number of oxazole rings is 1. The minimum atomic E-state index is 0.408. The quantitative estimate of drug-likeness (QED) is 0.915. The van der Waals surface area contributed by atoms with Crippen LogP contribution in [0.3, 0.4) is 0 Å². The molecular formula is C17H26N2O. The highest BCUT2D eigenvalue weighted by molar-refractivity contribution is 5.13. The molecule has 0 spiro atoms. The van der Waals surface area contributed by atoms with Gasteiger partial charge in [0.25, 0.3) is 0 Å². The maximum atomic E-state index is 5.80. The molecule has 2 unspecified atom stereocenters. The first kappa shape index (κ1) is 12.9. The van der Waals surface area contributed by atoms with Crippen LogP contribution in [-0.4, -0.2) is 4.98 Å². The highest BCUT2D eigenvalue weighted by Gasteiger charge is 2.60. The van der Waals surface area contributed by atoms with E-state index in [0.29, 0.717) is 28.7 Å². The first-order chi connectivity index (χ1) is 9.42. The number of rotatable bonds is 3. The summed E-state index contributed by atoms with van der Waals surface area (Å²) in [4.78, 5) is 4.28. The van der Waals surface area contributed by atoms with Crippen molar-refractivity contribution in [3.8, 4) is 0 Å². The van der Waals surface area contributed by atoms with E-state index in [-0.39, 0.29) is 0 Å². The normalized spacial score (nSPS) is 46.0. The average Bonchev–Trinajstić information content (AvgIpc) is 2.70. The Labute approximate surface area is 121 Å². The van der Waals surface area contributed by atoms with Crippen molar-refractivity contribution in [2.75, 3.05) is 0 Å². The second-order valence-corrected chi connectivity index (χ2v) is 8.73. The van der Waals surface area contributed by atoms with Crippen molar-refractivity contribution in [2.24, 2.45) is 27.9 Å². The zero-order valence-electron chi connectivity index (χ0n) is 12.7. The van der Waals surface area contributed by atoms with Gasteiger partial charge in [0.15, 0.2) is 0 Å². The van der Waals surface area contributed by atoms with E-state index in [2.05, 4.69) is 18.8 Å². The van der Waals surface area contributed by atoms with Crippen LogP contribution >= 0.6 is 0 Å². The molecule has 0 aromatic carbocycles. The van der Waals surface area contributed by atoms with Crippen LogP contribution in [0.25, 0.3) is 0 Å². The summed E-state index contributed by atoms with van der Waals surface area (Å²) in [6, 6.07) is 0. The van der Waals surface area contributed by atoms with Gasteiger partial charge < -0.3 is 10.2 Å². The van der Waals surface area contributed by atoms with Gasteiger partial charge in [-0.3, -0.25) is 0 Å². The maximum absolute atomic E-state index is 5.80. The Balaban J connectivity index is 1.63. The second kappa shape index (κ2) is 3.88. The van der Waals surface area contributed by atoms with Crippen LogP contribution in [-0.2, 0) is 13.0 Å². The number of nitrogens with zero attached hydrogens (tertiary/aromatic N) is 1. The number of hydrogen-bond donors (Lipinski definition) is 1. The minimum absolute atomic E-state index is 0.408. The Morgan fingerprint density at radius 1 is 1.20 bits per heavy atom. The molecule has 4 bridgehead atoms. The fraction of sp³-hybridized carbons (Fsp3) is 0.824. The van der Waals surface area contributed by atoms with Gasteiger partial charge in [-0.15, -0.1) is 0 Å². The highest BCUT2D eigenvalue weighted by atomic mass is 16.4. The van der Waals surface area contributed by atoms with E-state index in [0.717, 1.165) is 18.1 Å². The maximum Gasteiger partial charge on any atom is 0.208 e. The largest absolute Gasteiger partial charge is 0.444 e. The SMILES string of the molecule is CC12CC3CC(C)(C1)CC(Cc1cnc(CN)o1)(C3)C2. The molecule has 0 aliphatic heterocycles. The van der Waals surface area contributed by atoms with Gasteiger partial charge in [0.05, 0.1) is 12.7 Å². The van der Waals surface area contributed by atoms with Crippen LogP contribution in [0, 0.1) is 22.2 Å². The molecule has 1 aromatic rings. The third-order valence-corrected chi connectivity index (χ3v) is 6.07. The summed E-state index contributed by atoms with van der Waals surface area (Å²) in [5.41, 5.74) is 7.23. The Morgan fingerprint density at radius 2 is 1.90 bits per heavy atom. The van der Waals surface area contributed by atoms with E-state index in [1.165, 1.54) is 38.5 Å². The first-order valence-electron chi connectivity index (χ1n) is 8.05. The third-order valence-electron chi connectivity index (χ3n) is 6.07. The molecule has 2 N–H and O–H groups in total. The van der Waals surface area contributed by atoms with Crippen molar-refractivity contribution in [3.05, 3.63) is 17.8 Å². The predicted octanol–water partition coefficient (Wildman–Crippen LogP) is 3.67. The van der Waals surface area contributed by atoms with E-state index in [4.69, 9.17) is 10.2 Å². The summed E-state index contributed by atoms with van der Waals surface area (Å²) in [5, 5.41) is 0. The third kappa shape index (κ3) is 1.93. The van der Waals surface area contributed by atoms with Crippen molar-refractivity contribution in [1.29, 1.82) is 0 Å². The standard InChI is InChI=1S/C17H26N2O/c1-15-3-12-4-16(2,9-15)11-17(5-12,10-15)6-13-8-19-14(7-18)20-13/h8,12H,3-7,9-11,18H2,1-2H3. The topological polar surface area (TPSA) is 52.0 Å². The van der Waals surface area contributed by atoms with Crippen LogP contribution in [0.2, 0.25) is 0 Å². The van der Waals surface area contributed by atoms with E-state index < -0.39 is 0 Å². The van der Waals surface area contributed by atoms with Crippen molar-refractivity contribution < 1.29 is 4.42 Å². The van der Waals surface area contributed by atoms with Gasteiger partial charge in [0.2, 0.25) is 5.89 Å². The van der Waals surface area contributed by atoms with Crippen molar-refractivity contribution in [1.82, 2.24) is 4.98 Å². The molecule has 4 saturated carbocycles. The van der Waals surface area contributed by atoms with Gasteiger partial charge in [-0.1, -0.05) is 13.8 Å². The van der Waals surface area contributed by atoms with E-state index in [1.54, 1.807) is 0 Å². The zero-order chi connectivity index (χ0) is 14.0. The van der Waals surface area contributed by atoms with Crippen LogP contribution in [0.5, 0.6) is 0 Å². The van der Waals surface area contributed by atoms with Crippen LogP contribution in [0.4, 0.5) is 0 Å². The Morgan fingerprint density at radius 3 is 2.45 bits per heavy atom. The second-order valence-electron chi connectivity index (χ2n) is 8.73. The molecule has 3 nitrogen and oxygen atoms in total. The van der Waals surface area contributed by atoms with Gasteiger partial charge in [0, 0.05) is 6.42 Å². The molecule has 20 heavy (non-hydrogen) atoms. The first-order valence-corrected chi connectivity index (χ1v) is 8.05. The molecule has 5 rings (SSSR count). The van der Waals surface area contributed by atoms with Crippen molar-refractivity contribution in [3.63, 3.8) is 0 Å². The fourth-order valence-electron chi connectivity index (χ4n) is 6.78. The molecule has 110 valence electrons. The van der Waals surface area contributed by atoms with E-state index >= 15 is 0 Å². The summed E-state index contributed by atoms with van der Waals surface area (Å²) in [6.45, 7) is 5.46. The lowest BCUT2D eigenvalue weighted by Gasteiger charge is -2.65. The lowest BCUT2D eigenvalue weighted by molar-refractivity contribution is -0.145. The van der Waals surface area contributed by atoms with Gasteiger partial charge >= 0.3 is 0 Å². The Kier molecular flexibility index (Phi) is 2.50. The van der Waals surface area contributed by atoms with Crippen LogP contribution in [0.1, 0.15) is 64.0 Å². The predicted molar refractivity (Wildman–Crippen MR) is 77.9 cm³/mol. The summed E-state index contributed by atoms with van der Waals surface area (Å²) in [6.07, 6.45) is 11.5. The van der Waals surface area contributed by atoms with E-state index in [9.17, 15) is 0 Å². The van der Waals surface area contributed by atoms with Crippen LogP contribution < -0.4 is 5.73 Å². The van der Waals surface area contributed by atoms with Gasteiger partial charge in [-0.05, 0) is 60.7 Å². The summed E-state index contributed by atoms with van der Waals surface area (Å²) in [7, 11) is 0. The van der Waals surface area contributed by atoms with E-state index in [1.807, 2.05) is 6.20 Å². The summed E-state index contributed by atoms with van der Waals surface area (Å²) >= 11 is 0. The number of aromatic nitrogens is 1. The average molecular weight is 274 g/mol. The molecule has 0 radical (unpaired) electrons. The van der Waals surface area contributed by atoms with Gasteiger partial charge in [0.1, 0.15) is 5.76 Å². The molecular weight excluding hydrogens is 248 g/mol. The zero-order valence-corrected chi connectivity index (χ0v) is 12.7. The molecule has 1 aromatic heterocycles. The van der Waals surface area contributed by atoms with Gasteiger partial charge in [-0.25, -0.2) is 4.98 Å². The molecule has 2 atom stereocenters.